The third kappa shape index (κ3) is 8.98. The van der Waals surface area contributed by atoms with E-state index in [2.05, 4.69) is 22.5 Å². The number of carbonyl (C=O) groups excluding carboxylic acids is 3. The summed E-state index contributed by atoms with van der Waals surface area (Å²) in [5.74, 6) is -0.0690. The molecule has 0 radical (unpaired) electrons. The number of anilines is 1. The molecule has 3 amide bonds. The van der Waals surface area contributed by atoms with Gasteiger partial charge in [-0.3, -0.25) is 14.4 Å². The molecule has 2 heterocycles. The van der Waals surface area contributed by atoms with E-state index < -0.39 is 29.4 Å². The van der Waals surface area contributed by atoms with Gasteiger partial charge in [0.05, 0.1) is 25.1 Å². The lowest BCUT2D eigenvalue weighted by Gasteiger charge is -2.34. The first-order chi connectivity index (χ1) is 20.7. The molecule has 230 valence electrons. The third-order valence-corrected chi connectivity index (χ3v) is 7.73. The number of ether oxygens (including phenoxy) is 1. The normalized spacial score (nSPS) is 15.5. The standard InChI is InChI=1S/C33H44N6O4/c1-4-11-24-16-18-38(19-17-24)31(41)29(26-14-9-6-10-15-26)39-20-28(35-23-39)37-30(40)27(36-32(42)33(2,3)34)22-43-21-25-12-7-5-8-13-25/h5-10,12-15,20,23-24,27,29H,4,11,16-19,21-22,34H2,1-3H3,(H,36,42)(H,37,40)/t27-,29?/m1/s1. The van der Waals surface area contributed by atoms with E-state index in [1.54, 1.807) is 30.9 Å². The lowest BCUT2D eigenvalue weighted by Crippen LogP contribution is -2.56. The number of hydrogen-bond donors (Lipinski definition) is 3. The summed E-state index contributed by atoms with van der Waals surface area (Å²) in [4.78, 5) is 46.2. The van der Waals surface area contributed by atoms with E-state index in [1.807, 2.05) is 65.6 Å². The Balaban J connectivity index is 1.48. The predicted octanol–water partition coefficient (Wildman–Crippen LogP) is 3.89. The van der Waals surface area contributed by atoms with Gasteiger partial charge in [0.15, 0.2) is 5.82 Å². The Labute approximate surface area is 254 Å². The summed E-state index contributed by atoms with van der Waals surface area (Å²) < 4.78 is 7.51. The van der Waals surface area contributed by atoms with Crippen LogP contribution < -0.4 is 16.4 Å². The number of rotatable bonds is 13. The SMILES string of the molecule is CCCC1CCN(C(=O)C(c2ccccc2)n2cnc(NC(=O)[C@@H](COCc3ccccc3)NC(=O)C(C)(C)N)c2)CC1. The molecule has 3 aromatic rings. The van der Waals surface area contributed by atoms with Gasteiger partial charge in [0, 0.05) is 19.3 Å². The second kappa shape index (κ2) is 14.9. The summed E-state index contributed by atoms with van der Waals surface area (Å²) in [6.45, 7) is 7.00. The number of piperidine rings is 1. The van der Waals surface area contributed by atoms with Gasteiger partial charge in [0.2, 0.25) is 11.8 Å². The molecule has 1 fully saturated rings. The molecule has 43 heavy (non-hydrogen) atoms. The van der Waals surface area contributed by atoms with Crippen molar-refractivity contribution in [1.82, 2.24) is 19.8 Å². The Morgan fingerprint density at radius 2 is 1.70 bits per heavy atom. The molecule has 1 saturated heterocycles. The number of carbonyl (C=O) groups is 3. The largest absolute Gasteiger partial charge is 0.374 e. The molecular weight excluding hydrogens is 544 g/mol. The molecule has 0 bridgehead atoms. The van der Waals surface area contributed by atoms with Crippen LogP contribution in [-0.2, 0) is 25.7 Å². The molecule has 0 spiro atoms. The van der Waals surface area contributed by atoms with Crippen LogP contribution in [0.3, 0.4) is 0 Å². The van der Waals surface area contributed by atoms with E-state index >= 15 is 0 Å². The average Bonchev–Trinajstić information content (AvgIpc) is 3.45. The van der Waals surface area contributed by atoms with Crippen molar-refractivity contribution in [2.45, 2.75) is 70.7 Å². The molecule has 1 aliphatic rings. The van der Waals surface area contributed by atoms with E-state index in [9.17, 15) is 14.4 Å². The van der Waals surface area contributed by atoms with Crippen molar-refractivity contribution < 1.29 is 19.1 Å². The molecule has 1 unspecified atom stereocenters. The Bertz CT molecular complexity index is 1330. The van der Waals surface area contributed by atoms with E-state index in [0.29, 0.717) is 5.92 Å². The second-order valence-corrected chi connectivity index (χ2v) is 11.8. The zero-order valence-electron chi connectivity index (χ0n) is 25.4. The molecule has 2 aromatic carbocycles. The van der Waals surface area contributed by atoms with Gasteiger partial charge in [-0.15, -0.1) is 0 Å². The van der Waals surface area contributed by atoms with Crippen LogP contribution in [0.2, 0.25) is 0 Å². The minimum absolute atomic E-state index is 0.000976. The van der Waals surface area contributed by atoms with Crippen molar-refractivity contribution in [2.24, 2.45) is 11.7 Å². The number of nitrogens with zero attached hydrogens (tertiary/aromatic N) is 3. The molecule has 0 saturated carbocycles. The molecule has 1 aliphatic heterocycles. The van der Waals surface area contributed by atoms with Gasteiger partial charge >= 0.3 is 0 Å². The highest BCUT2D eigenvalue weighted by atomic mass is 16.5. The lowest BCUT2D eigenvalue weighted by atomic mass is 9.92. The molecule has 10 nitrogen and oxygen atoms in total. The van der Waals surface area contributed by atoms with Crippen molar-refractivity contribution in [3.05, 3.63) is 84.3 Å². The highest BCUT2D eigenvalue weighted by Gasteiger charge is 2.32. The van der Waals surface area contributed by atoms with Crippen LogP contribution in [0.4, 0.5) is 5.82 Å². The van der Waals surface area contributed by atoms with Crippen LogP contribution in [0.1, 0.15) is 63.6 Å². The number of nitrogens with two attached hydrogens (primary N) is 1. The summed E-state index contributed by atoms with van der Waals surface area (Å²) in [5.41, 5.74) is 6.56. The molecular formula is C33H44N6O4. The first-order valence-corrected chi connectivity index (χ1v) is 15.0. The van der Waals surface area contributed by atoms with Crippen molar-refractivity contribution >= 4 is 23.5 Å². The fraction of sp³-hybridized carbons (Fsp3) is 0.455. The average molecular weight is 589 g/mol. The summed E-state index contributed by atoms with van der Waals surface area (Å²) in [7, 11) is 0. The molecule has 4 rings (SSSR count). The Morgan fingerprint density at radius 1 is 1.05 bits per heavy atom. The van der Waals surface area contributed by atoms with Crippen LogP contribution in [0, 0.1) is 5.92 Å². The summed E-state index contributed by atoms with van der Waals surface area (Å²) >= 11 is 0. The fourth-order valence-corrected chi connectivity index (χ4v) is 5.25. The van der Waals surface area contributed by atoms with Gasteiger partial charge in [-0.25, -0.2) is 4.98 Å². The smallest absolute Gasteiger partial charge is 0.250 e. The predicted molar refractivity (Wildman–Crippen MR) is 166 cm³/mol. The minimum atomic E-state index is -1.19. The first kappa shape index (κ1) is 31.9. The molecule has 2 atom stereocenters. The number of hydrogen-bond acceptors (Lipinski definition) is 6. The van der Waals surface area contributed by atoms with Crippen LogP contribution in [0.25, 0.3) is 0 Å². The number of nitrogens with one attached hydrogen (secondary N) is 2. The quantitative estimate of drug-likeness (QED) is 0.278. The molecule has 0 aliphatic carbocycles. The van der Waals surface area contributed by atoms with E-state index in [4.69, 9.17) is 10.5 Å². The van der Waals surface area contributed by atoms with Crippen LogP contribution in [-0.4, -0.2) is 63.4 Å². The lowest BCUT2D eigenvalue weighted by molar-refractivity contribution is -0.135. The number of likely N-dealkylation sites (tertiary alicyclic amines) is 1. The number of amides is 3. The van der Waals surface area contributed by atoms with E-state index in [0.717, 1.165) is 43.5 Å². The van der Waals surface area contributed by atoms with Gasteiger partial charge in [-0.2, -0.15) is 0 Å². The van der Waals surface area contributed by atoms with Crippen molar-refractivity contribution in [3.8, 4) is 0 Å². The Kier molecular flexibility index (Phi) is 11.1. The maximum atomic E-state index is 13.9. The van der Waals surface area contributed by atoms with Crippen molar-refractivity contribution in [2.75, 3.05) is 25.0 Å². The van der Waals surface area contributed by atoms with E-state index in [-0.39, 0.29) is 24.9 Å². The minimum Gasteiger partial charge on any atom is -0.374 e. The van der Waals surface area contributed by atoms with Crippen molar-refractivity contribution in [3.63, 3.8) is 0 Å². The van der Waals surface area contributed by atoms with Gasteiger partial charge < -0.3 is 30.6 Å². The summed E-state index contributed by atoms with van der Waals surface area (Å²) in [6, 6.07) is 17.5. The maximum Gasteiger partial charge on any atom is 0.250 e. The van der Waals surface area contributed by atoms with E-state index in [1.165, 1.54) is 6.42 Å². The summed E-state index contributed by atoms with van der Waals surface area (Å²) in [6.07, 6.45) is 7.56. The zero-order valence-corrected chi connectivity index (χ0v) is 25.4. The molecule has 1 aromatic heterocycles. The summed E-state index contributed by atoms with van der Waals surface area (Å²) in [5, 5.41) is 5.48. The van der Waals surface area contributed by atoms with Crippen LogP contribution in [0.5, 0.6) is 0 Å². The van der Waals surface area contributed by atoms with Crippen molar-refractivity contribution in [1.29, 1.82) is 0 Å². The molecule has 4 N–H and O–H groups in total. The van der Waals surface area contributed by atoms with Crippen LogP contribution >= 0.6 is 0 Å². The number of benzene rings is 2. The third-order valence-electron chi connectivity index (χ3n) is 7.73. The highest BCUT2D eigenvalue weighted by Crippen LogP contribution is 2.27. The first-order valence-electron chi connectivity index (χ1n) is 15.0. The topological polar surface area (TPSA) is 132 Å². The molecule has 10 heteroatoms. The Hall–Kier alpha value is -4.02. The second-order valence-electron chi connectivity index (χ2n) is 11.8. The van der Waals surface area contributed by atoms with Gasteiger partial charge in [-0.05, 0) is 43.7 Å². The zero-order chi connectivity index (χ0) is 30.8. The van der Waals surface area contributed by atoms with Gasteiger partial charge in [-0.1, -0.05) is 80.4 Å². The van der Waals surface area contributed by atoms with Gasteiger partial charge in [0.25, 0.3) is 5.91 Å². The monoisotopic (exact) mass is 588 g/mol. The van der Waals surface area contributed by atoms with Crippen LogP contribution in [0.15, 0.2) is 73.2 Å². The highest BCUT2D eigenvalue weighted by molar-refractivity contribution is 5.98. The maximum absolute atomic E-state index is 13.9. The number of imidazole rings is 1. The number of aromatic nitrogens is 2. The van der Waals surface area contributed by atoms with Gasteiger partial charge in [0.1, 0.15) is 12.1 Å². The fourth-order valence-electron chi connectivity index (χ4n) is 5.25. The Morgan fingerprint density at radius 3 is 2.33 bits per heavy atom.